The number of aliphatic hydroxyl groups is 1. The average molecular weight is 613 g/mol. The lowest BCUT2D eigenvalue weighted by atomic mass is 9.85. The first-order valence-corrected chi connectivity index (χ1v) is 15.9. The molecule has 2 aliphatic rings. The van der Waals surface area contributed by atoms with Gasteiger partial charge in [-0.25, -0.2) is 0 Å². The van der Waals surface area contributed by atoms with Crippen molar-refractivity contribution in [2.24, 2.45) is 23.7 Å². The van der Waals surface area contributed by atoms with E-state index in [1.165, 1.54) is 18.6 Å². The van der Waals surface area contributed by atoms with Crippen molar-refractivity contribution in [1.29, 1.82) is 0 Å². The van der Waals surface area contributed by atoms with Gasteiger partial charge in [-0.2, -0.15) is 13.2 Å². The number of nitrogen functional groups attached to an aromatic ring is 1. The van der Waals surface area contributed by atoms with Crippen LogP contribution in [0.3, 0.4) is 0 Å². The fourth-order valence-corrected chi connectivity index (χ4v) is 7.59. The lowest BCUT2D eigenvalue weighted by Crippen LogP contribution is -2.23. The van der Waals surface area contributed by atoms with Crippen molar-refractivity contribution in [2.75, 3.05) is 11.1 Å². The number of Topliss-reactive ketones (excluding diaryl/α,β-unsaturated/α-hetero) is 1. The fraction of sp³-hybridized carbons (Fsp3) is 0.613. The number of halogens is 4. The van der Waals surface area contributed by atoms with Crippen LogP contribution in [0.15, 0.2) is 22.9 Å². The number of nitrogens with one attached hydrogen (secondary N) is 1. The van der Waals surface area contributed by atoms with Crippen LogP contribution in [-0.4, -0.2) is 22.9 Å². The van der Waals surface area contributed by atoms with Gasteiger partial charge in [-0.05, 0) is 92.3 Å². The fourth-order valence-electron chi connectivity index (χ4n) is 6.53. The number of anilines is 2. The zero-order valence-electron chi connectivity index (χ0n) is 23.4. The third-order valence-electron chi connectivity index (χ3n) is 8.98. The Morgan fingerprint density at radius 3 is 2.61 bits per heavy atom. The third-order valence-corrected chi connectivity index (χ3v) is 10.1. The van der Waals surface area contributed by atoms with Gasteiger partial charge in [0, 0.05) is 17.2 Å². The zero-order valence-corrected chi connectivity index (χ0v) is 25.0. The van der Waals surface area contributed by atoms with Gasteiger partial charge in [0.25, 0.3) is 0 Å². The Morgan fingerprint density at radius 1 is 1.15 bits per heavy atom. The molecule has 1 aromatic heterocycles. The molecule has 0 spiro atoms. The van der Waals surface area contributed by atoms with Gasteiger partial charge in [0.15, 0.2) is 0 Å². The zero-order chi connectivity index (χ0) is 29.7. The number of fused-ring (bicyclic) bond motifs is 1. The molecule has 4 rings (SSSR count). The Labute approximate surface area is 249 Å². The normalized spacial score (nSPS) is 23.2. The number of thiophene rings is 1. The van der Waals surface area contributed by atoms with E-state index in [0.717, 1.165) is 69.5 Å². The molecular weight excluding hydrogens is 573 g/mol. The van der Waals surface area contributed by atoms with Crippen molar-refractivity contribution in [2.45, 2.75) is 96.3 Å². The summed E-state index contributed by atoms with van der Waals surface area (Å²) in [4.78, 5) is 25.1. The Morgan fingerprint density at radius 2 is 1.88 bits per heavy atom. The molecule has 2 aromatic rings. The van der Waals surface area contributed by atoms with E-state index >= 15 is 0 Å². The number of carbonyl (C=O) groups is 2. The van der Waals surface area contributed by atoms with Gasteiger partial charge < -0.3 is 16.2 Å². The van der Waals surface area contributed by atoms with Crippen molar-refractivity contribution in [3.05, 3.63) is 44.6 Å². The predicted molar refractivity (Wildman–Crippen MR) is 158 cm³/mol. The highest BCUT2D eigenvalue weighted by Gasteiger charge is 2.35. The number of alkyl halides is 3. The highest BCUT2D eigenvalue weighted by Crippen LogP contribution is 2.39. The van der Waals surface area contributed by atoms with E-state index in [1.54, 1.807) is 11.3 Å². The minimum absolute atomic E-state index is 0.0416. The summed E-state index contributed by atoms with van der Waals surface area (Å²) >= 11 is 7.59. The topological polar surface area (TPSA) is 92.4 Å². The summed E-state index contributed by atoms with van der Waals surface area (Å²) in [6, 6.07) is 2.32. The quantitative estimate of drug-likeness (QED) is 0.187. The molecule has 5 nitrogen and oxygen atoms in total. The van der Waals surface area contributed by atoms with Gasteiger partial charge in [0.1, 0.15) is 5.78 Å². The second-order valence-corrected chi connectivity index (χ2v) is 13.2. The van der Waals surface area contributed by atoms with Crippen molar-refractivity contribution < 1.29 is 27.9 Å². The molecule has 1 fully saturated rings. The largest absolute Gasteiger partial charge is 0.418 e. The monoisotopic (exact) mass is 612 g/mol. The van der Waals surface area contributed by atoms with Crippen LogP contribution < -0.4 is 11.1 Å². The number of carbonyl (C=O) groups excluding carboxylic acids is 2. The number of ketones is 1. The molecule has 0 saturated heterocycles. The van der Waals surface area contributed by atoms with Crippen molar-refractivity contribution in [1.82, 2.24) is 0 Å². The number of hydrogen-bond donors (Lipinski definition) is 3. The van der Waals surface area contributed by atoms with Crippen LogP contribution in [0.25, 0.3) is 0 Å². The second-order valence-electron chi connectivity index (χ2n) is 12.0. The maximum Gasteiger partial charge on any atom is 0.418 e. The van der Waals surface area contributed by atoms with Crippen LogP contribution in [0, 0.1) is 23.7 Å². The summed E-state index contributed by atoms with van der Waals surface area (Å²) in [7, 11) is 0. The maximum absolute atomic E-state index is 13.4. The minimum Gasteiger partial charge on any atom is -0.397 e. The molecule has 1 amide bonds. The van der Waals surface area contributed by atoms with E-state index in [4.69, 9.17) is 17.3 Å². The highest BCUT2D eigenvalue weighted by molar-refractivity contribution is 7.08. The second kappa shape index (κ2) is 13.9. The first-order chi connectivity index (χ1) is 19.4. The smallest absolute Gasteiger partial charge is 0.397 e. The molecule has 5 atom stereocenters. The third kappa shape index (κ3) is 8.71. The Kier molecular flexibility index (Phi) is 10.8. The van der Waals surface area contributed by atoms with E-state index < -0.39 is 29.4 Å². The molecule has 41 heavy (non-hydrogen) atoms. The standard InChI is InChI=1S/C31H40ClF3N2O3S/c1-18(38)24(11-21-13-26(31(33,34)35)29(36)27(32)14-21)15-25(39)12-20-4-2-3-19(5-6-20)7-8-22-9-10-23-16-41-17-28(23)37-30(22)40/h13-14,16-17,19-20,22,24-25,39H,2-12,15,36H2,1H3,(H,37,40)/t19?,20?,22?,24-,25?/m0/s1. The van der Waals surface area contributed by atoms with Gasteiger partial charge in [0.05, 0.1) is 28.1 Å². The Hall–Kier alpha value is -2.10. The number of benzene rings is 1. The SMILES string of the molecule is CC(=O)[C@@H](Cc1cc(Cl)c(N)c(C(F)(F)F)c1)CC(O)CC1CCCC(CCC2CCc3cscc3NC2=O)CC1. The van der Waals surface area contributed by atoms with Crippen LogP contribution in [-0.2, 0) is 28.6 Å². The van der Waals surface area contributed by atoms with Gasteiger partial charge in [-0.3, -0.25) is 9.59 Å². The maximum atomic E-state index is 13.4. The van der Waals surface area contributed by atoms with E-state index in [2.05, 4.69) is 10.7 Å². The van der Waals surface area contributed by atoms with Crippen LogP contribution in [0.2, 0.25) is 5.02 Å². The molecule has 4 unspecified atom stereocenters. The van der Waals surface area contributed by atoms with Crippen LogP contribution >= 0.6 is 22.9 Å². The average Bonchev–Trinajstić information content (AvgIpc) is 3.12. The van der Waals surface area contributed by atoms with Gasteiger partial charge in [-0.15, -0.1) is 11.3 Å². The first-order valence-electron chi connectivity index (χ1n) is 14.6. The van der Waals surface area contributed by atoms with E-state index in [-0.39, 0.29) is 41.0 Å². The lowest BCUT2D eigenvalue weighted by molar-refractivity contribution is -0.137. The van der Waals surface area contributed by atoms with E-state index in [9.17, 15) is 27.9 Å². The number of nitrogens with two attached hydrogens (primary N) is 1. The van der Waals surface area contributed by atoms with Gasteiger partial charge >= 0.3 is 6.18 Å². The molecule has 10 heteroatoms. The molecule has 1 aromatic carbocycles. The van der Waals surface area contributed by atoms with Crippen molar-refractivity contribution in [3.63, 3.8) is 0 Å². The van der Waals surface area contributed by atoms with E-state index in [1.807, 2.05) is 5.38 Å². The lowest BCUT2D eigenvalue weighted by Gasteiger charge is -2.23. The molecule has 1 aliphatic heterocycles. The molecule has 226 valence electrons. The van der Waals surface area contributed by atoms with Crippen LogP contribution in [0.1, 0.15) is 87.8 Å². The number of rotatable bonds is 10. The number of aliphatic hydroxyl groups excluding tert-OH is 1. The summed E-state index contributed by atoms with van der Waals surface area (Å²) in [5.74, 6) is 0.281. The molecule has 0 bridgehead atoms. The highest BCUT2D eigenvalue weighted by atomic mass is 35.5. The van der Waals surface area contributed by atoms with Crippen LogP contribution in [0.5, 0.6) is 0 Å². The Bertz CT molecular complexity index is 1220. The van der Waals surface area contributed by atoms with Crippen molar-refractivity contribution in [3.8, 4) is 0 Å². The summed E-state index contributed by atoms with van der Waals surface area (Å²) in [6.07, 6.45) is 4.42. The number of hydrogen-bond acceptors (Lipinski definition) is 5. The van der Waals surface area contributed by atoms with Gasteiger partial charge in [-0.1, -0.05) is 43.7 Å². The minimum atomic E-state index is -4.65. The van der Waals surface area contributed by atoms with Crippen LogP contribution in [0.4, 0.5) is 24.5 Å². The first kappa shape index (κ1) is 31.8. The number of amides is 1. The summed E-state index contributed by atoms with van der Waals surface area (Å²) in [5.41, 5.74) is 6.49. The predicted octanol–water partition coefficient (Wildman–Crippen LogP) is 8.07. The molecule has 0 radical (unpaired) electrons. The van der Waals surface area contributed by atoms with E-state index in [0.29, 0.717) is 18.3 Å². The van der Waals surface area contributed by atoms with Crippen molar-refractivity contribution >= 4 is 46.0 Å². The Balaban J connectivity index is 1.26. The molecule has 1 saturated carbocycles. The molecular formula is C31H40ClF3N2O3S. The molecule has 2 heterocycles. The summed E-state index contributed by atoms with van der Waals surface area (Å²) < 4.78 is 40.2. The summed E-state index contributed by atoms with van der Waals surface area (Å²) in [6.45, 7) is 1.41. The summed E-state index contributed by atoms with van der Waals surface area (Å²) in [5, 5.41) is 17.9. The molecule has 4 N–H and O–H groups in total. The molecule has 1 aliphatic carbocycles. The van der Waals surface area contributed by atoms with Gasteiger partial charge in [0.2, 0.25) is 5.91 Å². The number of aryl methyl sites for hydroxylation is 1.